The number of hydrogen-bond donors (Lipinski definition) is 1. The van der Waals surface area contributed by atoms with Gasteiger partial charge in [-0.2, -0.15) is 4.31 Å². The SMILES string of the molecule is C[C@]1(C(=O)Nc2ccc(OC(F)(F)F)cc2)CCCN(Cc2ccccc2)S1(=O)=O. The number of carbonyl (C=O) groups is 1. The summed E-state index contributed by atoms with van der Waals surface area (Å²) in [7, 11) is -3.97. The maximum Gasteiger partial charge on any atom is 0.573 e. The molecule has 1 aliphatic rings. The van der Waals surface area contributed by atoms with E-state index in [9.17, 15) is 26.4 Å². The van der Waals surface area contributed by atoms with Crippen molar-refractivity contribution in [1.82, 2.24) is 4.31 Å². The molecule has 1 saturated heterocycles. The van der Waals surface area contributed by atoms with Gasteiger partial charge >= 0.3 is 6.36 Å². The Bertz CT molecular complexity index is 995. The fourth-order valence-corrected chi connectivity index (χ4v) is 5.26. The Morgan fingerprint density at radius 1 is 1.13 bits per heavy atom. The van der Waals surface area contributed by atoms with Gasteiger partial charge in [-0.1, -0.05) is 30.3 Å². The molecular formula is C20H21F3N2O4S. The Morgan fingerprint density at radius 3 is 2.37 bits per heavy atom. The molecule has 2 aromatic carbocycles. The van der Waals surface area contributed by atoms with Crippen LogP contribution in [0, 0.1) is 0 Å². The largest absolute Gasteiger partial charge is 0.573 e. The standard InChI is InChI=1S/C20H21F3N2O4S/c1-19(18(26)24-16-8-10-17(11-9-16)29-20(21,22)23)12-5-13-25(30(19,27)28)14-15-6-3-2-4-7-15/h2-4,6-11H,5,12-14H2,1H3,(H,24,26)/t19-/m1/s1. The van der Waals surface area contributed by atoms with Crippen molar-refractivity contribution in [3.8, 4) is 5.75 Å². The van der Waals surface area contributed by atoms with Crippen LogP contribution < -0.4 is 10.1 Å². The van der Waals surface area contributed by atoms with E-state index in [0.29, 0.717) is 13.0 Å². The molecule has 10 heteroatoms. The van der Waals surface area contributed by atoms with Gasteiger partial charge in [-0.05, 0) is 49.6 Å². The summed E-state index contributed by atoms with van der Waals surface area (Å²) in [5.41, 5.74) is 0.983. The van der Waals surface area contributed by atoms with Crippen LogP contribution in [-0.2, 0) is 21.4 Å². The first-order valence-corrected chi connectivity index (χ1v) is 10.7. The molecule has 0 saturated carbocycles. The second-order valence-corrected chi connectivity index (χ2v) is 9.55. The number of halogens is 3. The van der Waals surface area contributed by atoms with E-state index in [2.05, 4.69) is 10.1 Å². The van der Waals surface area contributed by atoms with Crippen LogP contribution >= 0.6 is 0 Å². The molecule has 0 spiro atoms. The number of benzene rings is 2. The van der Waals surface area contributed by atoms with Gasteiger partial charge < -0.3 is 10.1 Å². The molecule has 0 bridgehead atoms. The predicted octanol–water partition coefficient (Wildman–Crippen LogP) is 3.91. The number of anilines is 1. The molecule has 0 aliphatic carbocycles. The number of amides is 1. The van der Waals surface area contributed by atoms with Crippen LogP contribution in [0.2, 0.25) is 0 Å². The fourth-order valence-electron chi connectivity index (χ4n) is 3.31. The number of hydrogen-bond acceptors (Lipinski definition) is 4. The molecule has 3 rings (SSSR count). The van der Waals surface area contributed by atoms with Gasteiger partial charge in [0.1, 0.15) is 5.75 Å². The topological polar surface area (TPSA) is 75.7 Å². The lowest BCUT2D eigenvalue weighted by atomic mass is 10.0. The Hall–Kier alpha value is -2.59. The summed E-state index contributed by atoms with van der Waals surface area (Å²) in [5, 5.41) is 2.50. The van der Waals surface area contributed by atoms with Gasteiger partial charge in [0, 0.05) is 18.8 Å². The molecule has 0 aromatic heterocycles. The van der Waals surface area contributed by atoms with Crippen molar-refractivity contribution in [1.29, 1.82) is 0 Å². The normalized spacial score (nSPS) is 21.7. The van der Waals surface area contributed by atoms with E-state index in [1.165, 1.54) is 23.4 Å². The Morgan fingerprint density at radius 2 is 1.77 bits per heavy atom. The third-order valence-electron chi connectivity index (χ3n) is 5.00. The second-order valence-electron chi connectivity index (χ2n) is 7.18. The number of nitrogens with zero attached hydrogens (tertiary/aromatic N) is 1. The van der Waals surface area contributed by atoms with E-state index < -0.39 is 32.8 Å². The zero-order chi connectivity index (χ0) is 22.0. The monoisotopic (exact) mass is 442 g/mol. The summed E-state index contributed by atoms with van der Waals surface area (Å²) < 4.78 is 66.6. The van der Waals surface area contributed by atoms with E-state index in [1.54, 1.807) is 0 Å². The molecule has 0 radical (unpaired) electrons. The van der Waals surface area contributed by atoms with E-state index in [0.717, 1.165) is 17.7 Å². The molecule has 162 valence electrons. The maximum absolute atomic E-state index is 13.2. The Kier molecular flexibility index (Phi) is 6.09. The first kappa shape index (κ1) is 22.1. The van der Waals surface area contributed by atoms with Gasteiger partial charge in [0.15, 0.2) is 4.75 Å². The number of rotatable bonds is 5. The van der Waals surface area contributed by atoms with Gasteiger partial charge in [-0.3, -0.25) is 4.79 Å². The molecule has 2 aromatic rings. The molecule has 0 unspecified atom stereocenters. The molecule has 6 nitrogen and oxygen atoms in total. The summed E-state index contributed by atoms with van der Waals surface area (Å²) >= 11 is 0. The molecule has 1 amide bonds. The molecular weight excluding hydrogens is 421 g/mol. The van der Waals surface area contributed by atoms with Crippen molar-refractivity contribution in [2.45, 2.75) is 37.4 Å². The lowest BCUT2D eigenvalue weighted by Crippen LogP contribution is -2.56. The van der Waals surface area contributed by atoms with Crippen molar-refractivity contribution in [3.05, 3.63) is 60.2 Å². The first-order chi connectivity index (χ1) is 14.0. The lowest BCUT2D eigenvalue weighted by Gasteiger charge is -2.38. The van der Waals surface area contributed by atoms with Gasteiger partial charge in [-0.25, -0.2) is 8.42 Å². The highest BCUT2D eigenvalue weighted by Crippen LogP contribution is 2.34. The summed E-state index contributed by atoms with van der Waals surface area (Å²) in [6, 6.07) is 13.6. The Labute approximate surface area is 172 Å². The van der Waals surface area contributed by atoms with Crippen molar-refractivity contribution in [2.24, 2.45) is 0 Å². The number of carbonyl (C=O) groups excluding carboxylic acids is 1. The van der Waals surface area contributed by atoms with E-state index in [4.69, 9.17) is 0 Å². The molecule has 1 N–H and O–H groups in total. The van der Waals surface area contributed by atoms with Crippen LogP contribution in [0.15, 0.2) is 54.6 Å². The first-order valence-electron chi connectivity index (χ1n) is 9.22. The fraction of sp³-hybridized carbons (Fsp3) is 0.350. The van der Waals surface area contributed by atoms with Crippen LogP contribution in [0.1, 0.15) is 25.3 Å². The minimum atomic E-state index is -4.82. The van der Waals surface area contributed by atoms with Crippen molar-refractivity contribution < 1.29 is 31.1 Å². The molecule has 1 aliphatic heterocycles. The second kappa shape index (κ2) is 8.27. The highest BCUT2D eigenvalue weighted by Gasteiger charge is 2.51. The quantitative estimate of drug-likeness (QED) is 0.762. The van der Waals surface area contributed by atoms with Crippen LogP contribution in [0.25, 0.3) is 0 Å². The third kappa shape index (κ3) is 4.76. The third-order valence-corrected chi connectivity index (χ3v) is 7.52. The zero-order valence-electron chi connectivity index (χ0n) is 16.1. The summed E-state index contributed by atoms with van der Waals surface area (Å²) in [4.78, 5) is 12.9. The number of ether oxygens (including phenoxy) is 1. The van der Waals surface area contributed by atoms with Gasteiger partial charge in [0.05, 0.1) is 0 Å². The number of alkyl halides is 3. The minimum Gasteiger partial charge on any atom is -0.406 e. The number of sulfonamides is 1. The molecule has 1 fully saturated rings. The van der Waals surface area contributed by atoms with Gasteiger partial charge in [0.2, 0.25) is 15.9 Å². The van der Waals surface area contributed by atoms with Crippen LogP contribution in [-0.4, -0.2) is 36.3 Å². The lowest BCUT2D eigenvalue weighted by molar-refractivity contribution is -0.274. The van der Waals surface area contributed by atoms with Crippen LogP contribution in [0.3, 0.4) is 0 Å². The smallest absolute Gasteiger partial charge is 0.406 e. The summed E-state index contributed by atoms with van der Waals surface area (Å²) in [5.74, 6) is -1.17. The van der Waals surface area contributed by atoms with Crippen molar-refractivity contribution in [3.63, 3.8) is 0 Å². The number of nitrogens with one attached hydrogen (secondary N) is 1. The van der Waals surface area contributed by atoms with Gasteiger partial charge in [0.25, 0.3) is 0 Å². The highest BCUT2D eigenvalue weighted by atomic mass is 32.2. The van der Waals surface area contributed by atoms with E-state index in [1.807, 2.05) is 30.3 Å². The van der Waals surface area contributed by atoms with Crippen LogP contribution in [0.4, 0.5) is 18.9 Å². The average molecular weight is 442 g/mol. The van der Waals surface area contributed by atoms with E-state index in [-0.39, 0.29) is 18.7 Å². The average Bonchev–Trinajstić information content (AvgIpc) is 2.67. The Balaban J connectivity index is 1.75. The zero-order valence-corrected chi connectivity index (χ0v) is 17.0. The highest BCUT2D eigenvalue weighted by molar-refractivity contribution is 7.91. The molecule has 1 heterocycles. The van der Waals surface area contributed by atoms with Crippen molar-refractivity contribution >= 4 is 21.6 Å². The van der Waals surface area contributed by atoms with Crippen LogP contribution in [0.5, 0.6) is 5.75 Å². The van der Waals surface area contributed by atoms with Gasteiger partial charge in [-0.15, -0.1) is 13.2 Å². The summed E-state index contributed by atoms with van der Waals surface area (Å²) in [6.45, 7) is 1.84. The van der Waals surface area contributed by atoms with E-state index >= 15 is 0 Å². The molecule has 30 heavy (non-hydrogen) atoms. The molecule has 1 atom stereocenters. The summed E-state index contributed by atoms with van der Waals surface area (Å²) in [6.07, 6.45) is -4.17. The predicted molar refractivity (Wildman–Crippen MR) is 105 cm³/mol. The van der Waals surface area contributed by atoms with Crippen molar-refractivity contribution in [2.75, 3.05) is 11.9 Å². The maximum atomic E-state index is 13.2. The minimum absolute atomic E-state index is 0.141.